The molecule has 0 saturated carbocycles. The second-order valence-corrected chi connectivity index (χ2v) is 10.7. The van der Waals surface area contributed by atoms with E-state index < -0.39 is 22.1 Å². The van der Waals surface area contributed by atoms with Gasteiger partial charge in [0.15, 0.2) is 5.78 Å². The summed E-state index contributed by atoms with van der Waals surface area (Å²) in [6, 6.07) is 18.3. The SMILES string of the molecule is CC(C)COS(=O)(=O)CCCNC(=O)[C@@H](CC(=O)[C@@H](N)Cc1ccccc1)Cc1ccccc1. The molecule has 34 heavy (non-hydrogen) atoms. The topological polar surface area (TPSA) is 116 Å². The first-order valence-electron chi connectivity index (χ1n) is 11.7. The molecule has 0 radical (unpaired) electrons. The Hall–Kier alpha value is -2.55. The van der Waals surface area contributed by atoms with E-state index in [0.717, 1.165) is 11.1 Å². The Morgan fingerprint density at radius 1 is 0.941 bits per heavy atom. The van der Waals surface area contributed by atoms with Crippen molar-refractivity contribution >= 4 is 21.8 Å². The van der Waals surface area contributed by atoms with Crippen molar-refractivity contribution in [3.63, 3.8) is 0 Å². The summed E-state index contributed by atoms with van der Waals surface area (Å²) >= 11 is 0. The Balaban J connectivity index is 1.94. The number of ketones is 1. The summed E-state index contributed by atoms with van der Waals surface area (Å²) in [5.41, 5.74) is 8.06. The first-order chi connectivity index (χ1) is 16.2. The van der Waals surface area contributed by atoms with Crippen molar-refractivity contribution in [2.24, 2.45) is 17.6 Å². The highest BCUT2D eigenvalue weighted by Crippen LogP contribution is 2.15. The maximum atomic E-state index is 12.9. The van der Waals surface area contributed by atoms with E-state index in [1.807, 2.05) is 74.5 Å². The predicted octanol–water partition coefficient (Wildman–Crippen LogP) is 2.88. The van der Waals surface area contributed by atoms with Gasteiger partial charge < -0.3 is 11.1 Å². The van der Waals surface area contributed by atoms with Crippen LogP contribution >= 0.6 is 0 Å². The number of rotatable bonds is 15. The molecule has 186 valence electrons. The van der Waals surface area contributed by atoms with E-state index >= 15 is 0 Å². The lowest BCUT2D eigenvalue weighted by atomic mass is 9.90. The minimum Gasteiger partial charge on any atom is -0.356 e. The minimum atomic E-state index is -3.63. The molecule has 2 aromatic rings. The molecule has 1 amide bonds. The third kappa shape index (κ3) is 10.6. The first kappa shape index (κ1) is 27.7. The summed E-state index contributed by atoms with van der Waals surface area (Å²) in [6.07, 6.45) is 1.05. The number of nitrogens with one attached hydrogen (secondary N) is 1. The zero-order chi connectivity index (χ0) is 25.0. The first-order valence-corrected chi connectivity index (χ1v) is 13.2. The lowest BCUT2D eigenvalue weighted by Gasteiger charge is -2.19. The van der Waals surface area contributed by atoms with Crippen molar-refractivity contribution in [3.05, 3.63) is 71.8 Å². The lowest BCUT2D eigenvalue weighted by Crippen LogP contribution is -2.39. The van der Waals surface area contributed by atoms with Gasteiger partial charge in [-0.15, -0.1) is 0 Å². The fraction of sp³-hybridized carbons (Fsp3) is 0.462. The van der Waals surface area contributed by atoms with Gasteiger partial charge in [0.2, 0.25) is 5.91 Å². The highest BCUT2D eigenvalue weighted by atomic mass is 32.2. The summed E-state index contributed by atoms with van der Waals surface area (Å²) in [6.45, 7) is 4.06. The molecule has 2 rings (SSSR count). The molecule has 0 heterocycles. The van der Waals surface area contributed by atoms with Crippen LogP contribution in [0.15, 0.2) is 60.7 Å². The van der Waals surface area contributed by atoms with E-state index in [1.54, 1.807) is 0 Å². The van der Waals surface area contributed by atoms with Crippen LogP contribution < -0.4 is 11.1 Å². The van der Waals surface area contributed by atoms with Gasteiger partial charge in [0.25, 0.3) is 10.1 Å². The van der Waals surface area contributed by atoms with Crippen LogP contribution in [0.2, 0.25) is 0 Å². The van der Waals surface area contributed by atoms with Crippen LogP contribution in [0.5, 0.6) is 0 Å². The van der Waals surface area contributed by atoms with Crippen LogP contribution in [0.3, 0.4) is 0 Å². The average molecular weight is 489 g/mol. The van der Waals surface area contributed by atoms with Crippen LogP contribution in [0.4, 0.5) is 0 Å². The molecular weight excluding hydrogens is 452 g/mol. The van der Waals surface area contributed by atoms with Gasteiger partial charge >= 0.3 is 0 Å². The number of benzene rings is 2. The van der Waals surface area contributed by atoms with Crippen molar-refractivity contribution < 1.29 is 22.2 Å². The molecule has 0 fully saturated rings. The molecule has 2 atom stereocenters. The van der Waals surface area contributed by atoms with Crippen molar-refractivity contribution in [3.8, 4) is 0 Å². The second kappa shape index (κ2) is 14.0. The summed E-state index contributed by atoms with van der Waals surface area (Å²) in [5.74, 6) is -1.12. The normalized spacial score (nSPS) is 13.4. The van der Waals surface area contributed by atoms with E-state index in [1.165, 1.54) is 0 Å². The Bertz CT molecular complexity index is 994. The zero-order valence-corrected chi connectivity index (χ0v) is 20.8. The standard InChI is InChI=1S/C26H36N2O5S/c1-20(2)19-33-34(31,32)15-9-14-28-26(30)23(16-21-10-5-3-6-11-21)18-25(29)24(27)17-22-12-7-4-8-13-22/h3-8,10-13,20,23-24H,9,14-19,27H2,1-2H3,(H,28,30)/t23-,24+/m1/s1. The molecule has 0 aliphatic carbocycles. The van der Waals surface area contributed by atoms with Crippen LogP contribution in [-0.2, 0) is 36.7 Å². The molecular formula is C26H36N2O5S. The second-order valence-electron chi connectivity index (χ2n) is 8.94. The molecule has 0 aromatic heterocycles. The number of hydrogen-bond acceptors (Lipinski definition) is 6. The summed E-state index contributed by atoms with van der Waals surface area (Å²) < 4.78 is 28.8. The maximum absolute atomic E-state index is 12.9. The van der Waals surface area contributed by atoms with Gasteiger partial charge in [0.05, 0.1) is 18.4 Å². The number of carbonyl (C=O) groups excluding carboxylic acids is 2. The Morgan fingerprint density at radius 3 is 2.06 bits per heavy atom. The van der Waals surface area contributed by atoms with Gasteiger partial charge in [0.1, 0.15) is 0 Å². The molecule has 0 aliphatic heterocycles. The molecule has 2 aromatic carbocycles. The number of nitrogens with two attached hydrogens (primary N) is 1. The van der Waals surface area contributed by atoms with E-state index in [0.29, 0.717) is 12.8 Å². The fourth-order valence-electron chi connectivity index (χ4n) is 3.44. The molecule has 0 unspecified atom stereocenters. The number of hydrogen-bond donors (Lipinski definition) is 2. The summed E-state index contributed by atoms with van der Waals surface area (Å²) in [5, 5.41) is 2.78. The van der Waals surface area contributed by atoms with Gasteiger partial charge in [-0.05, 0) is 36.3 Å². The van der Waals surface area contributed by atoms with E-state index in [9.17, 15) is 18.0 Å². The summed E-state index contributed by atoms with van der Waals surface area (Å²) in [4.78, 5) is 25.8. The minimum absolute atomic E-state index is 0.0184. The van der Waals surface area contributed by atoms with Crippen molar-refractivity contribution in [1.82, 2.24) is 5.32 Å². The summed E-state index contributed by atoms with van der Waals surface area (Å²) in [7, 11) is -3.63. The number of amides is 1. The molecule has 0 spiro atoms. The number of carbonyl (C=O) groups is 2. The Kier molecular flexibility index (Phi) is 11.4. The highest BCUT2D eigenvalue weighted by molar-refractivity contribution is 7.86. The molecule has 0 bridgehead atoms. The third-order valence-corrected chi connectivity index (χ3v) is 6.59. The third-order valence-electron chi connectivity index (χ3n) is 5.31. The molecule has 8 heteroatoms. The van der Waals surface area contributed by atoms with Crippen molar-refractivity contribution in [2.45, 2.75) is 45.6 Å². The van der Waals surface area contributed by atoms with E-state index in [2.05, 4.69) is 5.32 Å². The number of Topliss-reactive ketones (excluding diaryl/α,β-unsaturated/α-hetero) is 1. The molecule has 7 nitrogen and oxygen atoms in total. The monoisotopic (exact) mass is 488 g/mol. The lowest BCUT2D eigenvalue weighted by molar-refractivity contribution is -0.129. The Labute approximate surface area is 203 Å². The largest absolute Gasteiger partial charge is 0.356 e. The van der Waals surface area contributed by atoms with Gasteiger partial charge in [-0.25, -0.2) is 0 Å². The predicted molar refractivity (Wildman–Crippen MR) is 134 cm³/mol. The van der Waals surface area contributed by atoms with Crippen LogP contribution in [0.25, 0.3) is 0 Å². The van der Waals surface area contributed by atoms with Crippen molar-refractivity contribution in [1.29, 1.82) is 0 Å². The fourth-order valence-corrected chi connectivity index (χ4v) is 4.53. The van der Waals surface area contributed by atoms with Gasteiger partial charge in [0, 0.05) is 18.9 Å². The smallest absolute Gasteiger partial charge is 0.267 e. The van der Waals surface area contributed by atoms with Crippen molar-refractivity contribution in [2.75, 3.05) is 18.9 Å². The molecule has 3 N–H and O–H groups in total. The van der Waals surface area contributed by atoms with Crippen LogP contribution in [0, 0.1) is 11.8 Å². The highest BCUT2D eigenvalue weighted by Gasteiger charge is 2.25. The van der Waals surface area contributed by atoms with E-state index in [4.69, 9.17) is 9.92 Å². The average Bonchev–Trinajstić information content (AvgIpc) is 2.81. The quantitative estimate of drug-likeness (QED) is 0.294. The van der Waals surface area contributed by atoms with Crippen LogP contribution in [0.1, 0.15) is 37.8 Å². The molecule has 0 saturated heterocycles. The Morgan fingerprint density at radius 2 is 1.50 bits per heavy atom. The van der Waals surface area contributed by atoms with Gasteiger partial charge in [-0.1, -0.05) is 74.5 Å². The van der Waals surface area contributed by atoms with Crippen LogP contribution in [-0.4, -0.2) is 45.1 Å². The van der Waals surface area contributed by atoms with Gasteiger partial charge in [-0.3, -0.25) is 13.8 Å². The maximum Gasteiger partial charge on any atom is 0.267 e. The zero-order valence-electron chi connectivity index (χ0n) is 20.0. The van der Waals surface area contributed by atoms with E-state index in [-0.39, 0.29) is 49.4 Å². The molecule has 0 aliphatic rings. The van der Waals surface area contributed by atoms with Gasteiger partial charge in [-0.2, -0.15) is 8.42 Å².